The van der Waals surface area contributed by atoms with E-state index in [1.807, 2.05) is 18.0 Å². The minimum Gasteiger partial charge on any atom is -0.338 e. The maximum atomic E-state index is 13.1. The Hall–Kier alpha value is -1.29. The van der Waals surface area contributed by atoms with Gasteiger partial charge in [0.15, 0.2) is 5.82 Å². The Morgan fingerprint density at radius 3 is 2.56 bits per heavy atom. The van der Waals surface area contributed by atoms with Gasteiger partial charge in [-0.2, -0.15) is 9.29 Å². The van der Waals surface area contributed by atoms with E-state index in [9.17, 15) is 8.42 Å². The first kappa shape index (κ1) is 18.5. The van der Waals surface area contributed by atoms with Crippen LogP contribution in [0.5, 0.6) is 0 Å². The molecule has 1 aliphatic rings. The summed E-state index contributed by atoms with van der Waals surface area (Å²) in [5.41, 5.74) is -0.0651. The van der Waals surface area contributed by atoms with Crippen LogP contribution in [0.1, 0.15) is 43.4 Å². The van der Waals surface area contributed by atoms with Gasteiger partial charge in [-0.3, -0.25) is 4.90 Å². The summed E-state index contributed by atoms with van der Waals surface area (Å²) < 4.78 is 33.3. The first-order valence-corrected chi connectivity index (χ1v) is 10.5. The Morgan fingerprint density at radius 2 is 2.00 bits per heavy atom. The Morgan fingerprint density at radius 1 is 1.28 bits per heavy atom. The largest absolute Gasteiger partial charge is 0.338 e. The van der Waals surface area contributed by atoms with Crippen molar-refractivity contribution in [3.63, 3.8) is 0 Å². The average molecular weight is 385 g/mol. The second-order valence-electron chi connectivity index (χ2n) is 7.41. The van der Waals surface area contributed by atoms with Gasteiger partial charge in [-0.25, -0.2) is 8.42 Å². The van der Waals surface area contributed by atoms with Gasteiger partial charge < -0.3 is 4.52 Å². The average Bonchev–Trinajstić information content (AvgIpc) is 3.16. The molecule has 2 aromatic heterocycles. The third-order valence-corrected chi connectivity index (χ3v) is 8.20. The number of piperazine rings is 1. The van der Waals surface area contributed by atoms with Crippen LogP contribution in [0.4, 0.5) is 0 Å². The van der Waals surface area contributed by atoms with Gasteiger partial charge in [-0.1, -0.05) is 25.9 Å². The molecule has 0 bridgehead atoms. The standard InChI is InChI=1S/C16H24N4O3S2/c1-11-17-15(23-18-11)12-10-20(9-8-19(12)5)25(21,22)14-7-6-13(24-14)16(2,3)4/h6-7,12H,8-10H2,1-5H3. The molecule has 1 fully saturated rings. The van der Waals surface area contributed by atoms with Crippen molar-refractivity contribution in [3.05, 3.63) is 28.7 Å². The maximum Gasteiger partial charge on any atom is 0.252 e. The monoisotopic (exact) mass is 384 g/mol. The van der Waals surface area contributed by atoms with Crippen LogP contribution in [0.25, 0.3) is 0 Å². The smallest absolute Gasteiger partial charge is 0.252 e. The molecule has 0 spiro atoms. The van der Waals surface area contributed by atoms with E-state index in [2.05, 4.69) is 30.9 Å². The van der Waals surface area contributed by atoms with Crippen molar-refractivity contribution in [1.29, 1.82) is 0 Å². The van der Waals surface area contributed by atoms with Crippen molar-refractivity contribution in [2.24, 2.45) is 0 Å². The van der Waals surface area contributed by atoms with Gasteiger partial charge in [-0.05, 0) is 31.5 Å². The van der Waals surface area contributed by atoms with Gasteiger partial charge in [0.1, 0.15) is 10.3 Å². The van der Waals surface area contributed by atoms with Crippen LogP contribution in [0.3, 0.4) is 0 Å². The molecule has 25 heavy (non-hydrogen) atoms. The number of rotatable bonds is 3. The van der Waals surface area contributed by atoms with Gasteiger partial charge in [0.05, 0.1) is 0 Å². The van der Waals surface area contributed by atoms with Gasteiger partial charge >= 0.3 is 0 Å². The molecule has 3 rings (SSSR count). The van der Waals surface area contributed by atoms with Crippen LogP contribution in [0.2, 0.25) is 0 Å². The minimum atomic E-state index is -3.52. The lowest BCUT2D eigenvalue weighted by molar-refractivity contribution is 0.120. The van der Waals surface area contributed by atoms with E-state index < -0.39 is 10.0 Å². The summed E-state index contributed by atoms with van der Waals surface area (Å²) in [7, 11) is -1.58. The Bertz CT molecular complexity index is 851. The first-order valence-electron chi connectivity index (χ1n) is 8.20. The van der Waals surface area contributed by atoms with E-state index in [4.69, 9.17) is 4.52 Å². The van der Waals surface area contributed by atoms with E-state index in [1.54, 1.807) is 13.0 Å². The molecule has 0 N–H and O–H groups in total. The van der Waals surface area contributed by atoms with Gasteiger partial charge in [-0.15, -0.1) is 11.3 Å². The topological polar surface area (TPSA) is 79.5 Å². The summed E-state index contributed by atoms with van der Waals surface area (Å²) in [6.07, 6.45) is 0. The van der Waals surface area contributed by atoms with E-state index >= 15 is 0 Å². The summed E-state index contributed by atoms with van der Waals surface area (Å²) in [5, 5.41) is 3.82. The predicted molar refractivity (Wildman–Crippen MR) is 96.2 cm³/mol. The molecular weight excluding hydrogens is 360 g/mol. The minimum absolute atomic E-state index is 0.0651. The quantitative estimate of drug-likeness (QED) is 0.808. The normalized spacial score (nSPS) is 20.9. The van der Waals surface area contributed by atoms with E-state index in [-0.39, 0.29) is 11.5 Å². The van der Waals surface area contributed by atoms with Crippen molar-refractivity contribution in [1.82, 2.24) is 19.3 Å². The molecule has 0 aromatic carbocycles. The predicted octanol–water partition coefficient (Wildman–Crippen LogP) is 2.41. The molecular formula is C16H24N4O3S2. The molecule has 7 nitrogen and oxygen atoms in total. The highest BCUT2D eigenvalue weighted by molar-refractivity contribution is 7.91. The molecule has 1 unspecified atom stereocenters. The van der Waals surface area contributed by atoms with Gasteiger partial charge in [0.25, 0.3) is 10.0 Å². The van der Waals surface area contributed by atoms with E-state index in [0.29, 0.717) is 35.6 Å². The molecule has 0 radical (unpaired) electrons. The lowest BCUT2D eigenvalue weighted by Gasteiger charge is -2.36. The molecule has 3 heterocycles. The fraction of sp³-hybridized carbons (Fsp3) is 0.625. The van der Waals surface area contributed by atoms with Crippen LogP contribution < -0.4 is 0 Å². The molecule has 0 amide bonds. The molecule has 9 heteroatoms. The summed E-state index contributed by atoms with van der Waals surface area (Å²) >= 11 is 1.35. The maximum absolute atomic E-state index is 13.1. The fourth-order valence-electron chi connectivity index (χ4n) is 2.77. The second kappa shape index (κ2) is 6.46. The lowest BCUT2D eigenvalue weighted by atomic mass is 9.95. The second-order valence-corrected chi connectivity index (χ2v) is 10.7. The number of thiophene rings is 1. The number of nitrogens with zero attached hydrogens (tertiary/aromatic N) is 4. The summed E-state index contributed by atoms with van der Waals surface area (Å²) in [4.78, 5) is 7.38. The zero-order valence-electron chi connectivity index (χ0n) is 15.2. The van der Waals surface area contributed by atoms with E-state index in [1.165, 1.54) is 15.6 Å². The van der Waals surface area contributed by atoms with Crippen LogP contribution in [0, 0.1) is 6.92 Å². The number of hydrogen-bond donors (Lipinski definition) is 0. The lowest BCUT2D eigenvalue weighted by Crippen LogP contribution is -2.48. The number of aromatic nitrogens is 2. The highest BCUT2D eigenvalue weighted by Gasteiger charge is 2.37. The zero-order chi connectivity index (χ0) is 18.4. The van der Waals surface area contributed by atoms with Crippen molar-refractivity contribution in [2.75, 3.05) is 26.7 Å². The molecule has 0 saturated carbocycles. The van der Waals surface area contributed by atoms with Crippen molar-refractivity contribution in [3.8, 4) is 0 Å². The first-order chi connectivity index (χ1) is 11.6. The zero-order valence-corrected chi connectivity index (χ0v) is 16.8. The summed E-state index contributed by atoms with van der Waals surface area (Å²) in [6, 6.07) is 3.39. The van der Waals surface area contributed by atoms with Crippen LogP contribution in [-0.4, -0.2) is 54.4 Å². The molecule has 0 aliphatic carbocycles. The number of aryl methyl sites for hydroxylation is 1. The third-order valence-electron chi connectivity index (χ3n) is 4.35. The molecule has 1 atom stereocenters. The molecule has 1 aliphatic heterocycles. The van der Waals surface area contributed by atoms with Crippen molar-refractivity contribution < 1.29 is 12.9 Å². The molecule has 2 aromatic rings. The van der Waals surface area contributed by atoms with Gasteiger partial charge in [0, 0.05) is 24.5 Å². The van der Waals surface area contributed by atoms with Gasteiger partial charge in [0.2, 0.25) is 5.89 Å². The number of sulfonamides is 1. The fourth-order valence-corrected chi connectivity index (χ4v) is 5.73. The number of likely N-dealkylation sites (N-methyl/N-ethyl adjacent to an activating group) is 1. The summed E-state index contributed by atoms with van der Waals surface area (Å²) in [5.74, 6) is 1.01. The van der Waals surface area contributed by atoms with Crippen molar-refractivity contribution in [2.45, 2.75) is 43.4 Å². The Labute approximate surface area is 152 Å². The van der Waals surface area contributed by atoms with Crippen LogP contribution in [0.15, 0.2) is 20.9 Å². The molecule has 1 saturated heterocycles. The third kappa shape index (κ3) is 3.64. The summed E-state index contributed by atoms with van der Waals surface area (Å²) in [6.45, 7) is 9.37. The Balaban J connectivity index is 1.86. The highest BCUT2D eigenvalue weighted by atomic mass is 32.2. The Kier molecular flexibility index (Phi) is 4.78. The van der Waals surface area contributed by atoms with Crippen LogP contribution in [-0.2, 0) is 15.4 Å². The number of hydrogen-bond acceptors (Lipinski definition) is 7. The molecule has 138 valence electrons. The SMILES string of the molecule is Cc1noc(C2CN(S(=O)(=O)c3ccc(C(C)(C)C)s3)CCN2C)n1. The van der Waals surface area contributed by atoms with E-state index in [0.717, 1.165) is 4.88 Å². The highest BCUT2D eigenvalue weighted by Crippen LogP contribution is 2.34. The van der Waals surface area contributed by atoms with Crippen LogP contribution >= 0.6 is 11.3 Å². The van der Waals surface area contributed by atoms with Crippen molar-refractivity contribution >= 4 is 21.4 Å².